The second-order valence-electron chi connectivity index (χ2n) is 1.94. The molecule has 11 heavy (non-hydrogen) atoms. The Morgan fingerprint density at radius 1 is 1.73 bits per heavy atom. The number of halogens is 1. The SMILES string of the molecule is O=C(O)C1=CC=C[C@@H](Br)[N+]1=O. The average Bonchev–Trinajstić information content (AvgIpc) is 1.94. The quantitative estimate of drug-likeness (QED) is 0.407. The summed E-state index contributed by atoms with van der Waals surface area (Å²) >= 11 is 2.98. The van der Waals surface area contributed by atoms with Crippen LogP contribution in [0.25, 0.3) is 0 Å². The van der Waals surface area contributed by atoms with E-state index in [0.717, 1.165) is 0 Å². The number of carboxylic acid groups (broad SMARTS) is 1. The van der Waals surface area contributed by atoms with Crippen molar-refractivity contribution in [3.63, 3.8) is 0 Å². The number of allylic oxidation sites excluding steroid dienone is 2. The van der Waals surface area contributed by atoms with Gasteiger partial charge >= 0.3 is 11.7 Å². The summed E-state index contributed by atoms with van der Waals surface area (Å²) in [7, 11) is 0. The summed E-state index contributed by atoms with van der Waals surface area (Å²) in [6.45, 7) is 0. The van der Waals surface area contributed by atoms with Crippen LogP contribution in [-0.4, -0.2) is 20.8 Å². The minimum atomic E-state index is -1.21. The number of nitroso groups, excluding NO2 is 1. The molecule has 0 fully saturated rings. The van der Waals surface area contributed by atoms with Crippen LogP contribution in [-0.2, 0) is 4.79 Å². The van der Waals surface area contributed by atoms with Gasteiger partial charge < -0.3 is 5.11 Å². The highest BCUT2D eigenvalue weighted by Gasteiger charge is 2.32. The van der Waals surface area contributed by atoms with Gasteiger partial charge in [-0.25, -0.2) is 4.79 Å². The molecule has 0 aromatic carbocycles. The van der Waals surface area contributed by atoms with E-state index < -0.39 is 10.9 Å². The monoisotopic (exact) mass is 218 g/mol. The second-order valence-corrected chi connectivity index (χ2v) is 2.88. The van der Waals surface area contributed by atoms with E-state index in [-0.39, 0.29) is 5.70 Å². The molecule has 0 saturated heterocycles. The van der Waals surface area contributed by atoms with Crippen molar-refractivity contribution in [3.05, 3.63) is 28.8 Å². The number of alkyl halides is 1. The van der Waals surface area contributed by atoms with Crippen molar-refractivity contribution in [2.45, 2.75) is 4.95 Å². The van der Waals surface area contributed by atoms with Crippen molar-refractivity contribution >= 4 is 21.9 Å². The number of rotatable bonds is 1. The molecule has 0 radical (unpaired) electrons. The fourth-order valence-corrected chi connectivity index (χ4v) is 1.09. The summed E-state index contributed by atoms with van der Waals surface area (Å²) in [4.78, 5) is 20.7. The van der Waals surface area contributed by atoms with Gasteiger partial charge in [-0.1, -0.05) is 6.08 Å². The van der Waals surface area contributed by atoms with Gasteiger partial charge in [0.1, 0.15) is 0 Å². The van der Waals surface area contributed by atoms with Gasteiger partial charge in [0.2, 0.25) is 0 Å². The van der Waals surface area contributed by atoms with Crippen molar-refractivity contribution < 1.29 is 14.7 Å². The summed E-state index contributed by atoms with van der Waals surface area (Å²) in [6.07, 6.45) is 4.34. The second kappa shape index (κ2) is 2.96. The van der Waals surface area contributed by atoms with Crippen molar-refractivity contribution in [1.29, 1.82) is 0 Å². The number of carboxylic acids is 1. The lowest BCUT2D eigenvalue weighted by Gasteiger charge is -1.99. The molecule has 58 valence electrons. The smallest absolute Gasteiger partial charge is 0.405 e. The summed E-state index contributed by atoms with van der Waals surface area (Å²) < 4.78 is 0.391. The topological polar surface area (TPSA) is 57.4 Å². The minimum absolute atomic E-state index is 0.255. The summed E-state index contributed by atoms with van der Waals surface area (Å²) in [5.41, 5.74) is -0.255. The van der Waals surface area contributed by atoms with E-state index in [1.54, 1.807) is 6.08 Å². The van der Waals surface area contributed by atoms with E-state index in [0.29, 0.717) is 4.76 Å². The summed E-state index contributed by atoms with van der Waals surface area (Å²) in [5, 5.41) is 8.46. The van der Waals surface area contributed by atoms with Crippen LogP contribution < -0.4 is 0 Å². The molecule has 0 spiro atoms. The van der Waals surface area contributed by atoms with E-state index in [1.165, 1.54) is 12.2 Å². The van der Waals surface area contributed by atoms with Crippen LogP contribution in [0.15, 0.2) is 23.9 Å². The lowest BCUT2D eigenvalue weighted by molar-refractivity contribution is -0.496. The normalized spacial score (nSPS) is 23.2. The van der Waals surface area contributed by atoms with E-state index in [9.17, 15) is 9.70 Å². The van der Waals surface area contributed by atoms with Crippen molar-refractivity contribution in [1.82, 2.24) is 0 Å². The fraction of sp³-hybridized carbons (Fsp3) is 0.167. The molecule has 1 atom stereocenters. The Labute approximate surface area is 70.9 Å². The molecule has 4 nitrogen and oxygen atoms in total. The predicted octanol–water partition coefficient (Wildman–Crippen LogP) is 1.02. The maximum Gasteiger partial charge on any atom is 0.405 e. The molecule has 0 unspecified atom stereocenters. The molecular weight excluding hydrogens is 214 g/mol. The Balaban J connectivity index is 2.96. The molecule has 1 N–H and O–H groups in total. The zero-order chi connectivity index (χ0) is 8.43. The third kappa shape index (κ3) is 1.54. The van der Waals surface area contributed by atoms with Crippen molar-refractivity contribution in [2.75, 3.05) is 0 Å². The molecule has 1 aliphatic heterocycles. The number of hydrogen-bond acceptors (Lipinski definition) is 2. The Bertz CT molecular complexity index is 269. The third-order valence-electron chi connectivity index (χ3n) is 1.20. The van der Waals surface area contributed by atoms with Crippen LogP contribution in [0.2, 0.25) is 0 Å². The van der Waals surface area contributed by atoms with Gasteiger partial charge in [0, 0.05) is 26.9 Å². The first-order valence-electron chi connectivity index (χ1n) is 2.85. The first-order valence-corrected chi connectivity index (χ1v) is 3.76. The number of carbonyl (C=O) groups is 1. The summed E-state index contributed by atoms with van der Waals surface area (Å²) in [6, 6.07) is 0. The zero-order valence-electron chi connectivity index (χ0n) is 5.40. The van der Waals surface area contributed by atoms with Crippen molar-refractivity contribution in [3.8, 4) is 0 Å². The van der Waals surface area contributed by atoms with Gasteiger partial charge in [0.05, 0.1) is 4.76 Å². The fourth-order valence-electron chi connectivity index (χ4n) is 0.688. The standard InChI is InChI=1S/C6H4BrNO3/c7-5-3-1-2-4(6(9)10)8(5)11/h1-3,5H/p+1/t5-/m0/s1. The van der Waals surface area contributed by atoms with Gasteiger partial charge in [-0.2, -0.15) is 0 Å². The Morgan fingerprint density at radius 2 is 2.36 bits per heavy atom. The van der Waals surface area contributed by atoms with Gasteiger partial charge in [-0.3, -0.25) is 0 Å². The molecule has 0 aliphatic carbocycles. The third-order valence-corrected chi connectivity index (χ3v) is 1.88. The first kappa shape index (κ1) is 8.13. The number of aliphatic carboxylic acids is 1. The Hall–Kier alpha value is -0.970. The highest BCUT2D eigenvalue weighted by atomic mass is 79.9. The molecule has 0 aromatic heterocycles. The number of hydrogen-bond donors (Lipinski definition) is 1. The van der Waals surface area contributed by atoms with Crippen molar-refractivity contribution in [2.24, 2.45) is 0 Å². The Kier molecular flexibility index (Phi) is 2.19. The Morgan fingerprint density at radius 3 is 2.82 bits per heavy atom. The van der Waals surface area contributed by atoms with Crippen LogP contribution in [0.3, 0.4) is 0 Å². The first-order chi connectivity index (χ1) is 5.13. The van der Waals surface area contributed by atoms with E-state index in [2.05, 4.69) is 15.9 Å². The predicted molar refractivity (Wildman–Crippen MR) is 41.2 cm³/mol. The lowest BCUT2D eigenvalue weighted by Crippen LogP contribution is -2.22. The molecule has 5 heteroatoms. The van der Waals surface area contributed by atoms with Gasteiger partial charge in [0.15, 0.2) is 0 Å². The van der Waals surface area contributed by atoms with Crippen LogP contribution in [0, 0.1) is 4.91 Å². The van der Waals surface area contributed by atoms with Crippen LogP contribution in [0.5, 0.6) is 0 Å². The minimum Gasteiger partial charge on any atom is -0.473 e. The van der Waals surface area contributed by atoms with Gasteiger partial charge in [-0.15, -0.1) is 0 Å². The highest BCUT2D eigenvalue weighted by molar-refractivity contribution is 9.09. The molecule has 0 aromatic rings. The molecular formula is C6H5BrNO3+. The number of nitrogens with zero attached hydrogens (tertiary/aromatic N) is 1. The van der Waals surface area contributed by atoms with E-state index in [1.807, 2.05) is 0 Å². The molecule has 0 bridgehead atoms. The van der Waals surface area contributed by atoms with E-state index in [4.69, 9.17) is 5.11 Å². The van der Waals surface area contributed by atoms with E-state index >= 15 is 0 Å². The molecule has 1 heterocycles. The zero-order valence-corrected chi connectivity index (χ0v) is 6.98. The van der Waals surface area contributed by atoms with Gasteiger partial charge in [-0.05, 0) is 6.08 Å². The maximum atomic E-state index is 10.9. The lowest BCUT2D eigenvalue weighted by atomic mass is 10.3. The molecule has 0 saturated carbocycles. The molecule has 1 rings (SSSR count). The molecule has 1 aliphatic rings. The van der Waals surface area contributed by atoms with Crippen LogP contribution in [0.4, 0.5) is 0 Å². The van der Waals surface area contributed by atoms with Gasteiger partial charge in [0.25, 0.3) is 4.95 Å². The summed E-state index contributed by atoms with van der Waals surface area (Å²) in [5.74, 6) is -1.21. The highest BCUT2D eigenvalue weighted by Crippen LogP contribution is 2.14. The largest absolute Gasteiger partial charge is 0.473 e. The maximum absolute atomic E-state index is 10.9. The van der Waals surface area contributed by atoms with Crippen LogP contribution >= 0.6 is 15.9 Å². The average molecular weight is 219 g/mol. The molecule has 0 amide bonds. The van der Waals surface area contributed by atoms with Crippen LogP contribution in [0.1, 0.15) is 0 Å².